The van der Waals surface area contributed by atoms with Crippen LogP contribution in [0.2, 0.25) is 0 Å². The number of rotatable bonds is 2. The van der Waals surface area contributed by atoms with Crippen molar-refractivity contribution >= 4 is 6.29 Å². The molecule has 2 heteroatoms. The van der Waals surface area contributed by atoms with Crippen molar-refractivity contribution in [2.45, 2.75) is 18.9 Å². The average molecular weight is 151 g/mol. The summed E-state index contributed by atoms with van der Waals surface area (Å²) >= 11 is 0. The smallest absolute Gasteiger partial charge is 0.137 e. The zero-order valence-electron chi connectivity index (χ0n) is 6.55. The molecule has 0 saturated carbocycles. The molecular formula is C9H13NO. The van der Waals surface area contributed by atoms with Gasteiger partial charge in [0.25, 0.3) is 0 Å². The van der Waals surface area contributed by atoms with Crippen molar-refractivity contribution in [1.29, 1.82) is 0 Å². The molecule has 0 aromatic carbocycles. The van der Waals surface area contributed by atoms with E-state index in [0.717, 1.165) is 25.7 Å². The summed E-state index contributed by atoms with van der Waals surface area (Å²) < 4.78 is 0. The Morgan fingerprint density at radius 3 is 3.18 bits per heavy atom. The summed E-state index contributed by atoms with van der Waals surface area (Å²) in [7, 11) is 0. The Balaban J connectivity index is 2.55. The summed E-state index contributed by atoms with van der Waals surface area (Å²) in [6.45, 7) is 4.57. The molecule has 60 valence electrons. The van der Waals surface area contributed by atoms with Crippen molar-refractivity contribution in [3.05, 3.63) is 24.3 Å². The molecule has 0 aromatic rings. The van der Waals surface area contributed by atoms with E-state index in [1.807, 2.05) is 6.08 Å². The largest absolute Gasteiger partial charge is 0.307 e. The predicted octanol–water partition coefficient (Wildman–Crippen LogP) is 1.05. The lowest BCUT2D eigenvalue weighted by molar-refractivity contribution is -0.109. The Morgan fingerprint density at radius 1 is 1.73 bits per heavy atom. The van der Waals surface area contributed by atoms with Crippen LogP contribution in [-0.2, 0) is 4.79 Å². The first-order valence-electron chi connectivity index (χ1n) is 3.87. The molecule has 1 unspecified atom stereocenters. The Bertz CT molecular complexity index is 184. The molecule has 0 aliphatic carbocycles. The van der Waals surface area contributed by atoms with Crippen molar-refractivity contribution in [2.75, 3.05) is 6.54 Å². The maximum Gasteiger partial charge on any atom is 0.137 e. The third-order valence-corrected chi connectivity index (χ3v) is 1.88. The van der Waals surface area contributed by atoms with E-state index in [1.54, 1.807) is 0 Å². The van der Waals surface area contributed by atoms with Crippen molar-refractivity contribution in [3.8, 4) is 0 Å². The molecule has 1 N–H and O–H groups in total. The Morgan fingerprint density at radius 2 is 2.55 bits per heavy atom. The molecule has 1 aliphatic rings. The van der Waals surface area contributed by atoms with Gasteiger partial charge < -0.3 is 10.1 Å². The lowest BCUT2D eigenvalue weighted by Gasteiger charge is -2.04. The second-order valence-electron chi connectivity index (χ2n) is 2.67. The molecule has 0 amide bonds. The molecular weight excluding hydrogens is 138 g/mol. The van der Waals surface area contributed by atoms with E-state index in [1.165, 1.54) is 5.57 Å². The highest BCUT2D eigenvalue weighted by Crippen LogP contribution is 2.08. The van der Waals surface area contributed by atoms with Crippen LogP contribution in [0.15, 0.2) is 24.3 Å². The number of nitrogens with one attached hydrogen (secondary N) is 1. The first-order valence-corrected chi connectivity index (χ1v) is 3.87. The third kappa shape index (κ3) is 2.31. The summed E-state index contributed by atoms with van der Waals surface area (Å²) in [6, 6.07) is 0.00690. The van der Waals surface area contributed by atoms with Gasteiger partial charge in [-0.1, -0.05) is 24.3 Å². The summed E-state index contributed by atoms with van der Waals surface area (Å²) in [5.41, 5.74) is 1.24. The maximum atomic E-state index is 10.4. The van der Waals surface area contributed by atoms with Crippen LogP contribution >= 0.6 is 0 Å². The molecule has 0 bridgehead atoms. The Kier molecular flexibility index (Phi) is 3.05. The van der Waals surface area contributed by atoms with Crippen LogP contribution in [0.1, 0.15) is 12.8 Å². The average Bonchev–Trinajstić information content (AvgIpc) is 2.28. The lowest BCUT2D eigenvalue weighted by atomic mass is 10.1. The van der Waals surface area contributed by atoms with Crippen LogP contribution in [-0.4, -0.2) is 18.9 Å². The summed E-state index contributed by atoms with van der Waals surface area (Å²) in [5, 5.41) is 3.13. The lowest BCUT2D eigenvalue weighted by Crippen LogP contribution is -2.29. The number of allylic oxidation sites excluding steroid dienone is 1. The van der Waals surface area contributed by atoms with Gasteiger partial charge in [0.05, 0.1) is 6.04 Å². The van der Waals surface area contributed by atoms with E-state index in [2.05, 4.69) is 18.0 Å². The molecule has 11 heavy (non-hydrogen) atoms. The van der Waals surface area contributed by atoms with E-state index in [-0.39, 0.29) is 6.04 Å². The van der Waals surface area contributed by atoms with Crippen molar-refractivity contribution in [1.82, 2.24) is 5.32 Å². The van der Waals surface area contributed by atoms with Crippen LogP contribution < -0.4 is 5.32 Å². The molecule has 0 saturated heterocycles. The minimum Gasteiger partial charge on any atom is -0.307 e. The molecule has 0 fully saturated rings. The molecule has 0 aromatic heterocycles. The first kappa shape index (κ1) is 8.21. The van der Waals surface area contributed by atoms with Crippen molar-refractivity contribution in [3.63, 3.8) is 0 Å². The highest BCUT2D eigenvalue weighted by atomic mass is 16.1. The van der Waals surface area contributed by atoms with E-state index >= 15 is 0 Å². The second-order valence-corrected chi connectivity index (χ2v) is 2.67. The monoisotopic (exact) mass is 151 g/mol. The fourth-order valence-electron chi connectivity index (χ4n) is 1.15. The highest BCUT2D eigenvalue weighted by molar-refractivity contribution is 5.58. The van der Waals surface area contributed by atoms with Gasteiger partial charge >= 0.3 is 0 Å². The van der Waals surface area contributed by atoms with Crippen LogP contribution in [0.5, 0.6) is 0 Å². The normalized spacial score (nSPS) is 25.1. The zero-order chi connectivity index (χ0) is 8.10. The van der Waals surface area contributed by atoms with Crippen LogP contribution in [0.25, 0.3) is 0 Å². The van der Waals surface area contributed by atoms with Gasteiger partial charge in [0, 0.05) is 0 Å². The Labute approximate surface area is 67.0 Å². The molecule has 0 radical (unpaired) electrons. The SMILES string of the molecule is C=CC1=CCC(C=O)NCC1. The van der Waals surface area contributed by atoms with Gasteiger partial charge in [-0.05, 0) is 19.4 Å². The third-order valence-electron chi connectivity index (χ3n) is 1.88. The molecule has 1 heterocycles. The first-order chi connectivity index (χ1) is 5.36. The van der Waals surface area contributed by atoms with Crippen LogP contribution in [0, 0.1) is 0 Å². The van der Waals surface area contributed by atoms with Gasteiger partial charge in [-0.25, -0.2) is 0 Å². The number of aldehydes is 1. The zero-order valence-corrected chi connectivity index (χ0v) is 6.55. The van der Waals surface area contributed by atoms with E-state index in [9.17, 15) is 4.79 Å². The highest BCUT2D eigenvalue weighted by Gasteiger charge is 2.07. The van der Waals surface area contributed by atoms with Gasteiger partial charge in [-0.3, -0.25) is 0 Å². The maximum absolute atomic E-state index is 10.4. The number of carbonyl (C=O) groups is 1. The fourth-order valence-corrected chi connectivity index (χ4v) is 1.15. The van der Waals surface area contributed by atoms with E-state index in [0.29, 0.717) is 0 Å². The van der Waals surface area contributed by atoms with Crippen LogP contribution in [0.4, 0.5) is 0 Å². The second kappa shape index (κ2) is 4.09. The van der Waals surface area contributed by atoms with E-state index in [4.69, 9.17) is 0 Å². The van der Waals surface area contributed by atoms with Gasteiger partial charge in [0.2, 0.25) is 0 Å². The van der Waals surface area contributed by atoms with E-state index < -0.39 is 0 Å². The number of hydrogen-bond donors (Lipinski definition) is 1. The number of hydrogen-bond acceptors (Lipinski definition) is 2. The quantitative estimate of drug-likeness (QED) is 0.598. The molecule has 1 atom stereocenters. The van der Waals surface area contributed by atoms with Gasteiger partial charge in [0.1, 0.15) is 6.29 Å². The predicted molar refractivity (Wildman–Crippen MR) is 45.4 cm³/mol. The minimum atomic E-state index is 0.00690. The summed E-state index contributed by atoms with van der Waals surface area (Å²) in [5.74, 6) is 0. The fraction of sp³-hybridized carbons (Fsp3) is 0.444. The molecule has 1 rings (SSSR count). The summed E-state index contributed by atoms with van der Waals surface area (Å²) in [4.78, 5) is 10.4. The molecule has 2 nitrogen and oxygen atoms in total. The van der Waals surface area contributed by atoms with Crippen molar-refractivity contribution < 1.29 is 4.79 Å². The minimum absolute atomic E-state index is 0.00690. The van der Waals surface area contributed by atoms with Crippen molar-refractivity contribution in [2.24, 2.45) is 0 Å². The van der Waals surface area contributed by atoms with Crippen LogP contribution in [0.3, 0.4) is 0 Å². The van der Waals surface area contributed by atoms with Gasteiger partial charge in [0.15, 0.2) is 0 Å². The molecule has 0 spiro atoms. The molecule has 1 aliphatic heterocycles. The van der Waals surface area contributed by atoms with Gasteiger partial charge in [-0.15, -0.1) is 0 Å². The standard InChI is InChI=1S/C9H13NO/c1-2-8-3-4-9(7-11)10-6-5-8/h2-3,7,9-10H,1,4-6H2. The topological polar surface area (TPSA) is 29.1 Å². The Hall–Kier alpha value is -0.890. The number of carbonyl (C=O) groups excluding carboxylic acids is 1. The summed E-state index contributed by atoms with van der Waals surface area (Å²) in [6.07, 6.45) is 6.67. The van der Waals surface area contributed by atoms with Gasteiger partial charge in [-0.2, -0.15) is 0 Å².